The smallest absolute Gasteiger partial charge is 0.194 e. The largest absolute Gasteiger partial charge is 0.494 e. The van der Waals surface area contributed by atoms with E-state index in [9.17, 15) is 10.2 Å². The van der Waals surface area contributed by atoms with Crippen molar-refractivity contribution >= 4 is 22.5 Å². The minimum atomic E-state index is -0.0548. The Labute approximate surface area is 200 Å². The lowest BCUT2D eigenvalue weighted by atomic mass is 10.0. The molecule has 0 unspecified atom stereocenters. The number of aryl methyl sites for hydroxylation is 2. The van der Waals surface area contributed by atoms with Crippen molar-refractivity contribution < 1.29 is 14.9 Å². The van der Waals surface area contributed by atoms with Crippen molar-refractivity contribution in [1.82, 2.24) is 24.3 Å². The van der Waals surface area contributed by atoms with Gasteiger partial charge in [-0.1, -0.05) is 23.7 Å². The third-order valence-electron chi connectivity index (χ3n) is 5.76. The van der Waals surface area contributed by atoms with E-state index in [1.807, 2.05) is 49.0 Å². The van der Waals surface area contributed by atoms with Gasteiger partial charge in [-0.2, -0.15) is 5.10 Å². The molecule has 5 aromatic rings. The zero-order chi connectivity index (χ0) is 23.8. The maximum atomic E-state index is 10.0. The lowest BCUT2D eigenvalue weighted by Gasteiger charge is -2.16. The highest BCUT2D eigenvalue weighted by atomic mass is 35.5. The standard InChI is InChI=1S/C25H22ClN5O3/c1-15-10-18(21-8-9-28-30(21)2)17-4-3-5-22(25(17)29-15)34-14-19-16(11-27-12-20(19)26)13-31-23(32)6-7-24(31)33/h3-12,32-33H,13-14H2,1-2H3. The number of hydrogen-bond acceptors (Lipinski definition) is 6. The highest BCUT2D eigenvalue weighted by Crippen LogP contribution is 2.34. The van der Waals surface area contributed by atoms with E-state index in [1.165, 1.54) is 16.7 Å². The SMILES string of the molecule is Cc1cc(-c2ccnn2C)c2cccc(OCc3c(Cl)cncc3Cn3c(O)ccc3O)c2n1. The molecular formula is C25H22ClN5O3. The number of para-hydroxylation sites is 1. The highest BCUT2D eigenvalue weighted by Gasteiger charge is 2.16. The van der Waals surface area contributed by atoms with E-state index in [-0.39, 0.29) is 24.9 Å². The Morgan fingerprint density at radius 2 is 1.85 bits per heavy atom. The average Bonchev–Trinajstić information content (AvgIpc) is 3.38. The summed E-state index contributed by atoms with van der Waals surface area (Å²) in [5.74, 6) is 0.511. The molecule has 0 spiro atoms. The van der Waals surface area contributed by atoms with Gasteiger partial charge in [0.1, 0.15) is 17.9 Å². The molecule has 2 N–H and O–H groups in total. The molecule has 0 radical (unpaired) electrons. The van der Waals surface area contributed by atoms with E-state index in [2.05, 4.69) is 10.1 Å². The molecule has 172 valence electrons. The first-order valence-corrected chi connectivity index (χ1v) is 11.0. The molecule has 8 nitrogen and oxygen atoms in total. The molecule has 0 amide bonds. The van der Waals surface area contributed by atoms with Crippen molar-refractivity contribution in [1.29, 1.82) is 0 Å². The molecule has 0 bridgehead atoms. The van der Waals surface area contributed by atoms with Gasteiger partial charge in [-0.05, 0) is 30.7 Å². The van der Waals surface area contributed by atoms with E-state index in [4.69, 9.17) is 21.3 Å². The molecule has 34 heavy (non-hydrogen) atoms. The number of fused-ring (bicyclic) bond motifs is 1. The van der Waals surface area contributed by atoms with Crippen LogP contribution in [0, 0.1) is 6.92 Å². The van der Waals surface area contributed by atoms with Gasteiger partial charge >= 0.3 is 0 Å². The van der Waals surface area contributed by atoms with E-state index >= 15 is 0 Å². The van der Waals surface area contributed by atoms with Crippen LogP contribution in [-0.4, -0.2) is 34.5 Å². The fraction of sp³-hybridized carbons (Fsp3) is 0.160. The minimum Gasteiger partial charge on any atom is -0.494 e. The predicted molar refractivity (Wildman–Crippen MR) is 129 cm³/mol. The molecule has 0 aliphatic carbocycles. The number of aromatic nitrogens is 5. The third-order valence-corrected chi connectivity index (χ3v) is 6.08. The molecule has 1 aromatic carbocycles. The zero-order valence-corrected chi connectivity index (χ0v) is 19.4. The monoisotopic (exact) mass is 475 g/mol. The molecule has 5 rings (SSSR count). The van der Waals surface area contributed by atoms with Gasteiger partial charge in [-0.15, -0.1) is 0 Å². The van der Waals surface area contributed by atoms with Gasteiger partial charge < -0.3 is 14.9 Å². The summed E-state index contributed by atoms with van der Waals surface area (Å²) in [6, 6.07) is 12.7. The molecule has 9 heteroatoms. The minimum absolute atomic E-state index is 0.0548. The Hall–Kier alpha value is -4.04. The van der Waals surface area contributed by atoms with E-state index in [0.29, 0.717) is 21.9 Å². The predicted octanol–water partition coefficient (Wildman–Crippen LogP) is 4.83. The van der Waals surface area contributed by atoms with Crippen LogP contribution in [0.4, 0.5) is 0 Å². The first kappa shape index (κ1) is 21.8. The molecule has 0 atom stereocenters. The van der Waals surface area contributed by atoms with Crippen molar-refractivity contribution in [3.05, 3.63) is 82.9 Å². The zero-order valence-electron chi connectivity index (χ0n) is 18.6. The van der Waals surface area contributed by atoms with Gasteiger partial charge in [0.25, 0.3) is 0 Å². The van der Waals surface area contributed by atoms with Crippen LogP contribution in [-0.2, 0) is 20.2 Å². The highest BCUT2D eigenvalue weighted by molar-refractivity contribution is 6.31. The molecule has 0 aliphatic rings. The lowest BCUT2D eigenvalue weighted by molar-refractivity contribution is 0.307. The summed E-state index contributed by atoms with van der Waals surface area (Å²) < 4.78 is 9.42. The summed E-state index contributed by atoms with van der Waals surface area (Å²) in [5.41, 5.74) is 5.04. The van der Waals surface area contributed by atoms with Crippen molar-refractivity contribution in [3.8, 4) is 28.8 Å². The van der Waals surface area contributed by atoms with Crippen molar-refractivity contribution in [2.45, 2.75) is 20.1 Å². The summed E-state index contributed by atoms with van der Waals surface area (Å²) in [7, 11) is 1.91. The number of pyridine rings is 2. The molecule has 0 aliphatic heterocycles. The van der Waals surface area contributed by atoms with Crippen molar-refractivity contribution in [3.63, 3.8) is 0 Å². The fourth-order valence-corrected chi connectivity index (χ4v) is 4.28. The topological polar surface area (TPSA) is 98.2 Å². The Kier molecular flexibility index (Phi) is 5.59. The summed E-state index contributed by atoms with van der Waals surface area (Å²) in [6.07, 6.45) is 4.96. The summed E-state index contributed by atoms with van der Waals surface area (Å²) in [6.45, 7) is 2.30. The number of halogens is 1. The number of benzene rings is 1. The molecular weight excluding hydrogens is 454 g/mol. The van der Waals surface area contributed by atoms with Crippen LogP contribution in [0.25, 0.3) is 22.2 Å². The van der Waals surface area contributed by atoms with Gasteiger partial charge in [-0.25, -0.2) is 4.98 Å². The summed E-state index contributed by atoms with van der Waals surface area (Å²) >= 11 is 6.47. The first-order chi connectivity index (χ1) is 16.4. The lowest BCUT2D eigenvalue weighted by Crippen LogP contribution is -2.07. The van der Waals surface area contributed by atoms with E-state index in [0.717, 1.165) is 27.9 Å². The van der Waals surface area contributed by atoms with Gasteiger partial charge in [0.15, 0.2) is 11.8 Å². The van der Waals surface area contributed by atoms with Crippen LogP contribution in [0.3, 0.4) is 0 Å². The quantitative estimate of drug-likeness (QED) is 0.365. The fourth-order valence-electron chi connectivity index (χ4n) is 4.05. The number of ether oxygens (including phenoxy) is 1. The third kappa shape index (κ3) is 3.92. The van der Waals surface area contributed by atoms with Crippen LogP contribution < -0.4 is 4.74 Å². The van der Waals surface area contributed by atoms with Gasteiger partial charge in [0.05, 0.1) is 17.3 Å². The van der Waals surface area contributed by atoms with Crippen LogP contribution in [0.2, 0.25) is 5.02 Å². The van der Waals surface area contributed by atoms with Gasteiger partial charge in [0.2, 0.25) is 0 Å². The van der Waals surface area contributed by atoms with Gasteiger partial charge in [0, 0.05) is 60.0 Å². The molecule has 0 saturated carbocycles. The van der Waals surface area contributed by atoms with Crippen molar-refractivity contribution in [2.24, 2.45) is 7.05 Å². The molecule has 0 saturated heterocycles. The maximum Gasteiger partial charge on any atom is 0.194 e. The second-order valence-corrected chi connectivity index (χ2v) is 8.39. The maximum absolute atomic E-state index is 10.0. The Morgan fingerprint density at radius 3 is 2.59 bits per heavy atom. The second kappa shape index (κ2) is 8.72. The first-order valence-electron chi connectivity index (χ1n) is 10.6. The number of aromatic hydroxyl groups is 2. The normalized spacial score (nSPS) is 11.3. The summed E-state index contributed by atoms with van der Waals surface area (Å²) in [5, 5.41) is 25.8. The van der Waals surface area contributed by atoms with Crippen LogP contribution in [0.1, 0.15) is 16.8 Å². The van der Waals surface area contributed by atoms with E-state index < -0.39 is 0 Å². The molecule has 0 fully saturated rings. The number of rotatable bonds is 6. The second-order valence-electron chi connectivity index (χ2n) is 7.99. The Balaban J connectivity index is 1.51. The van der Waals surface area contributed by atoms with Gasteiger partial charge in [-0.3, -0.25) is 14.2 Å². The summed E-state index contributed by atoms with van der Waals surface area (Å²) in [4.78, 5) is 8.91. The molecule has 4 aromatic heterocycles. The van der Waals surface area contributed by atoms with E-state index in [1.54, 1.807) is 18.6 Å². The Bertz CT molecular complexity index is 1490. The number of hydrogen-bond donors (Lipinski definition) is 2. The average molecular weight is 476 g/mol. The Morgan fingerprint density at radius 1 is 1.06 bits per heavy atom. The van der Waals surface area contributed by atoms with Crippen LogP contribution >= 0.6 is 11.6 Å². The van der Waals surface area contributed by atoms with Crippen LogP contribution in [0.5, 0.6) is 17.5 Å². The van der Waals surface area contributed by atoms with Crippen molar-refractivity contribution in [2.75, 3.05) is 0 Å². The number of nitrogens with zero attached hydrogens (tertiary/aromatic N) is 5. The van der Waals surface area contributed by atoms with Crippen LogP contribution in [0.15, 0.2) is 61.1 Å². The molecule has 4 heterocycles.